The van der Waals surface area contributed by atoms with Crippen molar-refractivity contribution >= 4 is 9.84 Å². The van der Waals surface area contributed by atoms with Crippen LogP contribution in [0.25, 0.3) is 0 Å². The van der Waals surface area contributed by atoms with Crippen LogP contribution in [0.1, 0.15) is 53.4 Å². The van der Waals surface area contributed by atoms with E-state index >= 15 is 0 Å². The van der Waals surface area contributed by atoms with Gasteiger partial charge in [0.25, 0.3) is 0 Å². The maximum absolute atomic E-state index is 11.9. The Kier molecular flexibility index (Phi) is 8.88. The molecule has 1 N–H and O–H groups in total. The lowest BCUT2D eigenvalue weighted by atomic mass is 10.2. The summed E-state index contributed by atoms with van der Waals surface area (Å²) < 4.78 is 23.9. The Bertz CT molecular complexity index is 273. The summed E-state index contributed by atoms with van der Waals surface area (Å²) in [6.07, 6.45) is 3.79. The molecule has 0 saturated carbocycles. The molecule has 0 heterocycles. The van der Waals surface area contributed by atoms with Crippen LogP contribution in [0, 0.1) is 5.92 Å². The summed E-state index contributed by atoms with van der Waals surface area (Å²) >= 11 is 0. The summed E-state index contributed by atoms with van der Waals surface area (Å²) in [6, 6.07) is 0.136. The van der Waals surface area contributed by atoms with Crippen LogP contribution in [-0.2, 0) is 9.84 Å². The molecule has 0 aliphatic carbocycles. The lowest BCUT2D eigenvalue weighted by Crippen LogP contribution is -2.37. The summed E-state index contributed by atoms with van der Waals surface area (Å²) in [5.41, 5.74) is 0. The van der Waals surface area contributed by atoms with Crippen LogP contribution in [0.5, 0.6) is 0 Å². The fourth-order valence-electron chi connectivity index (χ4n) is 1.75. The Morgan fingerprint density at radius 3 is 2.18 bits per heavy atom. The fourth-order valence-corrected chi connectivity index (χ4v) is 3.64. The van der Waals surface area contributed by atoms with E-state index in [1.807, 2.05) is 0 Å². The van der Waals surface area contributed by atoms with Crippen LogP contribution in [0.15, 0.2) is 0 Å². The zero-order valence-corrected chi connectivity index (χ0v) is 12.6. The van der Waals surface area contributed by atoms with Crippen molar-refractivity contribution in [2.75, 3.05) is 18.1 Å². The van der Waals surface area contributed by atoms with Crippen LogP contribution >= 0.6 is 0 Å². The predicted octanol–water partition coefficient (Wildman–Crippen LogP) is 2.62. The highest BCUT2D eigenvalue weighted by atomic mass is 32.2. The van der Waals surface area contributed by atoms with E-state index in [1.165, 1.54) is 0 Å². The molecule has 0 bridgehead atoms. The van der Waals surface area contributed by atoms with Crippen molar-refractivity contribution in [3.63, 3.8) is 0 Å². The Balaban J connectivity index is 4.20. The number of sulfone groups is 1. The van der Waals surface area contributed by atoms with E-state index in [0.717, 1.165) is 32.2 Å². The van der Waals surface area contributed by atoms with Crippen LogP contribution in [0.4, 0.5) is 0 Å². The first-order valence-electron chi connectivity index (χ1n) is 6.85. The molecule has 0 fully saturated rings. The Labute approximate surface area is 107 Å². The minimum Gasteiger partial charge on any atom is -0.313 e. The molecular formula is C13H29NO2S. The first kappa shape index (κ1) is 16.9. The van der Waals surface area contributed by atoms with Crippen molar-refractivity contribution in [2.24, 2.45) is 5.92 Å². The third-order valence-corrected chi connectivity index (χ3v) is 4.55. The van der Waals surface area contributed by atoms with Crippen molar-refractivity contribution in [3.8, 4) is 0 Å². The summed E-state index contributed by atoms with van der Waals surface area (Å²) in [5.74, 6) is 1.09. The Morgan fingerprint density at radius 2 is 1.71 bits per heavy atom. The van der Waals surface area contributed by atoms with Gasteiger partial charge < -0.3 is 5.32 Å². The Hall–Kier alpha value is -0.0900. The first-order chi connectivity index (χ1) is 7.91. The maximum atomic E-state index is 11.9. The summed E-state index contributed by atoms with van der Waals surface area (Å²) in [4.78, 5) is 0. The topological polar surface area (TPSA) is 46.2 Å². The lowest BCUT2D eigenvalue weighted by Gasteiger charge is -2.18. The van der Waals surface area contributed by atoms with Gasteiger partial charge in [0.2, 0.25) is 0 Å². The monoisotopic (exact) mass is 263 g/mol. The first-order valence-corrected chi connectivity index (χ1v) is 8.67. The maximum Gasteiger partial charge on any atom is 0.151 e. The number of nitrogens with one attached hydrogen (secondary N) is 1. The molecule has 104 valence electrons. The van der Waals surface area contributed by atoms with Crippen molar-refractivity contribution in [3.05, 3.63) is 0 Å². The van der Waals surface area contributed by atoms with Crippen LogP contribution in [0.2, 0.25) is 0 Å². The van der Waals surface area contributed by atoms with Gasteiger partial charge in [0.15, 0.2) is 9.84 Å². The third-order valence-electron chi connectivity index (χ3n) is 2.78. The highest BCUT2D eigenvalue weighted by Gasteiger charge is 2.18. The zero-order chi connectivity index (χ0) is 13.3. The molecule has 0 spiro atoms. The minimum absolute atomic E-state index is 0.136. The second-order valence-corrected chi connectivity index (χ2v) is 7.47. The van der Waals surface area contributed by atoms with E-state index in [9.17, 15) is 8.42 Å². The minimum atomic E-state index is -2.89. The number of rotatable bonds is 10. The second-order valence-electron chi connectivity index (χ2n) is 5.24. The highest BCUT2D eigenvalue weighted by Crippen LogP contribution is 2.07. The summed E-state index contributed by atoms with van der Waals surface area (Å²) in [7, 11) is -2.89. The van der Waals surface area contributed by atoms with Gasteiger partial charge in [0, 0.05) is 6.04 Å². The van der Waals surface area contributed by atoms with Gasteiger partial charge in [-0.2, -0.15) is 0 Å². The van der Waals surface area contributed by atoms with Crippen LogP contribution in [0.3, 0.4) is 0 Å². The predicted molar refractivity (Wildman–Crippen MR) is 75.1 cm³/mol. The van der Waals surface area contributed by atoms with Gasteiger partial charge in [0.1, 0.15) is 0 Å². The second kappa shape index (κ2) is 8.92. The van der Waals surface area contributed by atoms with Gasteiger partial charge in [-0.05, 0) is 31.7 Å². The van der Waals surface area contributed by atoms with Crippen molar-refractivity contribution < 1.29 is 8.42 Å². The normalized spacial score (nSPS) is 14.2. The van der Waals surface area contributed by atoms with E-state index in [1.54, 1.807) is 0 Å². The van der Waals surface area contributed by atoms with Crippen LogP contribution < -0.4 is 5.32 Å². The SMILES string of the molecule is CCCNC(CCC)CS(=O)(=O)CCC(C)C. The molecule has 0 aromatic rings. The molecular weight excluding hydrogens is 234 g/mol. The molecule has 0 aromatic carbocycles. The van der Waals surface area contributed by atoms with Gasteiger partial charge in [-0.15, -0.1) is 0 Å². The average molecular weight is 263 g/mol. The molecule has 17 heavy (non-hydrogen) atoms. The smallest absolute Gasteiger partial charge is 0.151 e. The fraction of sp³-hybridized carbons (Fsp3) is 1.00. The average Bonchev–Trinajstić information content (AvgIpc) is 2.23. The van der Waals surface area contributed by atoms with Crippen molar-refractivity contribution in [1.82, 2.24) is 5.32 Å². The van der Waals surface area contributed by atoms with Crippen molar-refractivity contribution in [2.45, 2.75) is 59.4 Å². The van der Waals surface area contributed by atoms with E-state index in [2.05, 4.69) is 33.0 Å². The molecule has 1 unspecified atom stereocenters. The quantitative estimate of drug-likeness (QED) is 0.659. The van der Waals surface area contributed by atoms with Gasteiger partial charge in [0.05, 0.1) is 11.5 Å². The molecule has 3 nitrogen and oxygen atoms in total. The molecule has 0 aromatic heterocycles. The van der Waals surface area contributed by atoms with E-state index in [4.69, 9.17) is 0 Å². The molecule has 0 radical (unpaired) electrons. The van der Waals surface area contributed by atoms with Gasteiger partial charge >= 0.3 is 0 Å². The lowest BCUT2D eigenvalue weighted by molar-refractivity contribution is 0.497. The largest absolute Gasteiger partial charge is 0.313 e. The Morgan fingerprint density at radius 1 is 1.06 bits per heavy atom. The van der Waals surface area contributed by atoms with Crippen molar-refractivity contribution in [1.29, 1.82) is 0 Å². The van der Waals surface area contributed by atoms with E-state index in [0.29, 0.717) is 17.4 Å². The zero-order valence-electron chi connectivity index (χ0n) is 11.8. The van der Waals surface area contributed by atoms with Gasteiger partial charge in [-0.25, -0.2) is 8.42 Å². The molecule has 0 saturated heterocycles. The van der Waals surface area contributed by atoms with E-state index < -0.39 is 9.84 Å². The summed E-state index contributed by atoms with van der Waals surface area (Å²) in [5, 5.41) is 3.33. The van der Waals surface area contributed by atoms with Gasteiger partial charge in [-0.1, -0.05) is 34.1 Å². The highest BCUT2D eigenvalue weighted by molar-refractivity contribution is 7.91. The van der Waals surface area contributed by atoms with Gasteiger partial charge in [-0.3, -0.25) is 0 Å². The third kappa shape index (κ3) is 9.60. The molecule has 0 rings (SSSR count). The standard InChI is InChI=1S/C13H29NO2S/c1-5-7-13(14-9-6-2)11-17(15,16)10-8-12(3)4/h12-14H,5-11H2,1-4H3. The number of hydrogen-bond donors (Lipinski definition) is 1. The molecule has 0 aliphatic rings. The molecule has 0 aliphatic heterocycles. The molecule has 1 atom stereocenters. The number of hydrogen-bond acceptors (Lipinski definition) is 3. The molecule has 4 heteroatoms. The summed E-state index contributed by atoms with van der Waals surface area (Å²) in [6.45, 7) is 9.23. The van der Waals surface area contributed by atoms with Crippen LogP contribution in [-0.4, -0.2) is 32.5 Å². The van der Waals surface area contributed by atoms with E-state index in [-0.39, 0.29) is 6.04 Å². The molecule has 0 amide bonds.